The molecule has 1 aromatic rings. The van der Waals surface area contributed by atoms with Gasteiger partial charge in [0.05, 0.1) is 23.8 Å². The monoisotopic (exact) mass is 279 g/mol. The Morgan fingerprint density at radius 3 is 2.65 bits per heavy atom. The zero-order chi connectivity index (χ0) is 14.8. The molecule has 0 radical (unpaired) electrons. The van der Waals surface area contributed by atoms with E-state index in [2.05, 4.69) is 10.6 Å². The third-order valence-electron chi connectivity index (χ3n) is 3.52. The van der Waals surface area contributed by atoms with Gasteiger partial charge in [-0.15, -0.1) is 0 Å². The Labute approximate surface area is 116 Å². The summed E-state index contributed by atoms with van der Waals surface area (Å²) in [5.74, 6) is 0.258. The van der Waals surface area contributed by atoms with Crippen molar-refractivity contribution < 1.29 is 14.5 Å². The summed E-state index contributed by atoms with van der Waals surface area (Å²) in [6.45, 7) is 1.99. The number of methoxy groups -OCH3 is 1. The van der Waals surface area contributed by atoms with E-state index >= 15 is 0 Å². The Bertz CT molecular complexity index is 540. The van der Waals surface area contributed by atoms with Gasteiger partial charge in [-0.25, -0.2) is 4.79 Å². The van der Waals surface area contributed by atoms with Crippen LogP contribution in [0.2, 0.25) is 0 Å². The molecule has 1 saturated carbocycles. The summed E-state index contributed by atoms with van der Waals surface area (Å²) >= 11 is 0. The van der Waals surface area contributed by atoms with Crippen LogP contribution < -0.4 is 15.4 Å². The molecule has 2 N–H and O–H groups in total. The van der Waals surface area contributed by atoms with Crippen molar-refractivity contribution in [2.24, 2.45) is 0 Å². The largest absolute Gasteiger partial charge is 0.494 e. The van der Waals surface area contributed by atoms with Crippen molar-refractivity contribution in [3.63, 3.8) is 0 Å². The standard InChI is InChI=1S/C13H17N3O4/c1-13(6-3-7-13)15-12(17)14-10-5-4-9(16(18)19)8-11(10)20-2/h4-5,8H,3,6-7H2,1-2H3,(H2,14,15,17). The number of non-ortho nitro benzene ring substituents is 1. The molecular weight excluding hydrogens is 262 g/mol. The molecule has 0 unspecified atom stereocenters. The summed E-state index contributed by atoms with van der Waals surface area (Å²) in [4.78, 5) is 22.1. The van der Waals surface area contributed by atoms with E-state index in [0.29, 0.717) is 5.69 Å². The third kappa shape index (κ3) is 2.98. The van der Waals surface area contributed by atoms with Crippen LogP contribution in [0.25, 0.3) is 0 Å². The third-order valence-corrected chi connectivity index (χ3v) is 3.52. The van der Waals surface area contributed by atoms with E-state index in [0.717, 1.165) is 19.3 Å². The average molecular weight is 279 g/mol. The lowest BCUT2D eigenvalue weighted by Gasteiger charge is -2.39. The number of anilines is 1. The Kier molecular flexibility index (Phi) is 3.78. The van der Waals surface area contributed by atoms with E-state index in [4.69, 9.17) is 4.74 Å². The van der Waals surface area contributed by atoms with Gasteiger partial charge in [0, 0.05) is 11.6 Å². The number of nitrogens with one attached hydrogen (secondary N) is 2. The molecule has 0 aliphatic heterocycles. The summed E-state index contributed by atoms with van der Waals surface area (Å²) in [6, 6.07) is 3.73. The predicted octanol–water partition coefficient (Wildman–Crippen LogP) is 2.67. The first-order chi connectivity index (χ1) is 9.43. The van der Waals surface area contributed by atoms with Crippen molar-refractivity contribution >= 4 is 17.4 Å². The fourth-order valence-electron chi connectivity index (χ4n) is 2.16. The van der Waals surface area contributed by atoms with Gasteiger partial charge in [0.1, 0.15) is 5.75 Å². The fraction of sp³-hybridized carbons (Fsp3) is 0.462. The van der Waals surface area contributed by atoms with Gasteiger partial charge in [-0.2, -0.15) is 0 Å². The number of ether oxygens (including phenoxy) is 1. The molecule has 7 nitrogen and oxygen atoms in total. The molecule has 0 atom stereocenters. The second kappa shape index (κ2) is 5.36. The number of nitrogens with zero attached hydrogens (tertiary/aromatic N) is 1. The van der Waals surface area contributed by atoms with Gasteiger partial charge >= 0.3 is 6.03 Å². The van der Waals surface area contributed by atoms with E-state index in [-0.39, 0.29) is 23.0 Å². The number of carbonyl (C=O) groups is 1. The Morgan fingerprint density at radius 1 is 1.45 bits per heavy atom. The first-order valence-corrected chi connectivity index (χ1v) is 6.35. The highest BCUT2D eigenvalue weighted by Gasteiger charge is 2.33. The average Bonchev–Trinajstić information content (AvgIpc) is 2.36. The maximum atomic E-state index is 11.9. The molecule has 0 bridgehead atoms. The summed E-state index contributed by atoms with van der Waals surface area (Å²) in [5, 5.41) is 16.2. The van der Waals surface area contributed by atoms with Crippen molar-refractivity contribution in [2.45, 2.75) is 31.7 Å². The molecule has 0 aromatic heterocycles. The number of urea groups is 1. The first-order valence-electron chi connectivity index (χ1n) is 6.35. The van der Waals surface area contributed by atoms with Crippen molar-refractivity contribution in [3.05, 3.63) is 28.3 Å². The number of amides is 2. The molecule has 2 amide bonds. The quantitative estimate of drug-likeness (QED) is 0.654. The minimum Gasteiger partial charge on any atom is -0.494 e. The number of benzene rings is 1. The van der Waals surface area contributed by atoms with E-state index in [1.807, 2.05) is 6.92 Å². The lowest BCUT2D eigenvalue weighted by molar-refractivity contribution is -0.384. The molecule has 1 aliphatic carbocycles. The fourth-order valence-corrected chi connectivity index (χ4v) is 2.16. The minimum absolute atomic E-state index is 0.0845. The molecule has 7 heteroatoms. The van der Waals surface area contributed by atoms with Crippen LogP contribution in [0.4, 0.5) is 16.2 Å². The lowest BCUT2D eigenvalue weighted by atomic mass is 9.79. The van der Waals surface area contributed by atoms with E-state index in [1.54, 1.807) is 0 Å². The highest BCUT2D eigenvalue weighted by atomic mass is 16.6. The van der Waals surface area contributed by atoms with Gasteiger partial charge in [0.25, 0.3) is 5.69 Å². The number of nitro benzene ring substituents is 1. The van der Waals surface area contributed by atoms with Crippen molar-refractivity contribution in [1.82, 2.24) is 5.32 Å². The zero-order valence-electron chi connectivity index (χ0n) is 11.4. The molecule has 1 aromatic carbocycles. The maximum absolute atomic E-state index is 11.9. The van der Waals surface area contributed by atoms with Crippen LogP contribution in [0.3, 0.4) is 0 Å². The molecule has 0 heterocycles. The summed E-state index contributed by atoms with van der Waals surface area (Å²) < 4.78 is 5.06. The van der Waals surface area contributed by atoms with Gasteiger partial charge in [0.2, 0.25) is 0 Å². The van der Waals surface area contributed by atoms with Gasteiger partial charge in [-0.3, -0.25) is 10.1 Å². The van der Waals surface area contributed by atoms with Crippen LogP contribution in [0, 0.1) is 10.1 Å². The Morgan fingerprint density at radius 2 is 2.15 bits per heavy atom. The minimum atomic E-state index is -0.512. The molecule has 0 spiro atoms. The van der Waals surface area contributed by atoms with Gasteiger partial charge in [0.15, 0.2) is 0 Å². The number of nitro groups is 1. The van der Waals surface area contributed by atoms with Gasteiger partial charge in [-0.05, 0) is 32.3 Å². The van der Waals surface area contributed by atoms with Crippen LogP contribution in [0.5, 0.6) is 5.75 Å². The maximum Gasteiger partial charge on any atom is 0.319 e. The SMILES string of the molecule is COc1cc([N+](=O)[O-])ccc1NC(=O)NC1(C)CCC1. The van der Waals surface area contributed by atoms with Gasteiger partial charge < -0.3 is 15.4 Å². The topological polar surface area (TPSA) is 93.5 Å². The number of rotatable bonds is 4. The second-order valence-corrected chi connectivity index (χ2v) is 5.14. The van der Waals surface area contributed by atoms with Crippen LogP contribution in [0.1, 0.15) is 26.2 Å². The van der Waals surface area contributed by atoms with Gasteiger partial charge in [-0.1, -0.05) is 0 Å². The van der Waals surface area contributed by atoms with Crippen LogP contribution >= 0.6 is 0 Å². The number of hydrogen-bond acceptors (Lipinski definition) is 4. The second-order valence-electron chi connectivity index (χ2n) is 5.14. The van der Waals surface area contributed by atoms with E-state index in [9.17, 15) is 14.9 Å². The van der Waals surface area contributed by atoms with Crippen molar-refractivity contribution in [2.75, 3.05) is 12.4 Å². The summed E-state index contributed by atoms with van der Waals surface area (Å²) in [7, 11) is 1.40. The highest BCUT2D eigenvalue weighted by Crippen LogP contribution is 2.32. The molecule has 1 fully saturated rings. The number of carbonyl (C=O) groups excluding carboxylic acids is 1. The van der Waals surface area contributed by atoms with Crippen LogP contribution in [0.15, 0.2) is 18.2 Å². The molecular formula is C13H17N3O4. The molecule has 108 valence electrons. The lowest BCUT2D eigenvalue weighted by Crippen LogP contribution is -2.52. The summed E-state index contributed by atoms with van der Waals surface area (Å²) in [5.41, 5.74) is 0.162. The first kappa shape index (κ1) is 14.1. The van der Waals surface area contributed by atoms with Crippen LogP contribution in [-0.2, 0) is 0 Å². The highest BCUT2D eigenvalue weighted by molar-refractivity contribution is 5.91. The zero-order valence-corrected chi connectivity index (χ0v) is 11.4. The summed E-state index contributed by atoms with van der Waals surface area (Å²) in [6.07, 6.45) is 3.02. The van der Waals surface area contributed by atoms with Crippen LogP contribution in [-0.4, -0.2) is 23.6 Å². The molecule has 0 saturated heterocycles. The van der Waals surface area contributed by atoms with Crippen molar-refractivity contribution in [1.29, 1.82) is 0 Å². The molecule has 1 aliphatic rings. The van der Waals surface area contributed by atoms with E-state index < -0.39 is 4.92 Å². The van der Waals surface area contributed by atoms with Crippen molar-refractivity contribution in [3.8, 4) is 5.75 Å². The van der Waals surface area contributed by atoms with E-state index in [1.165, 1.54) is 25.3 Å². The Balaban J connectivity index is 2.08. The molecule has 2 rings (SSSR count). The molecule has 20 heavy (non-hydrogen) atoms. The number of hydrogen-bond donors (Lipinski definition) is 2. The normalized spacial score (nSPS) is 15.9. The smallest absolute Gasteiger partial charge is 0.319 e. The Hall–Kier alpha value is -2.31. The predicted molar refractivity (Wildman–Crippen MR) is 74.1 cm³/mol.